The summed E-state index contributed by atoms with van der Waals surface area (Å²) in [7, 11) is 0. The Kier molecular flexibility index (Phi) is 3.15. The Morgan fingerprint density at radius 2 is 2.36 bits per heavy atom. The minimum atomic E-state index is -0.238. The van der Waals surface area contributed by atoms with Crippen molar-refractivity contribution in [2.24, 2.45) is 0 Å². The lowest BCUT2D eigenvalue weighted by Gasteiger charge is -2.24. The van der Waals surface area contributed by atoms with Crippen molar-refractivity contribution in [1.82, 2.24) is 5.32 Å². The number of hydrogen-bond donors (Lipinski definition) is 1. The molecule has 1 unspecified atom stereocenters. The summed E-state index contributed by atoms with van der Waals surface area (Å²) in [5.74, 6) is -0.238. The quantitative estimate of drug-likeness (QED) is 0.836. The van der Waals surface area contributed by atoms with E-state index in [4.69, 9.17) is 4.74 Å². The van der Waals surface area contributed by atoms with Crippen LogP contribution in [-0.4, -0.2) is 19.7 Å². The largest absolute Gasteiger partial charge is 0.371 e. The fourth-order valence-corrected chi connectivity index (χ4v) is 1.89. The molecule has 0 amide bonds. The van der Waals surface area contributed by atoms with Crippen LogP contribution < -0.4 is 5.32 Å². The van der Waals surface area contributed by atoms with Crippen molar-refractivity contribution in [3.8, 4) is 0 Å². The van der Waals surface area contributed by atoms with Crippen molar-refractivity contribution in [2.75, 3.05) is 19.7 Å². The first-order chi connectivity index (χ1) is 6.77. The highest BCUT2D eigenvalue weighted by Gasteiger charge is 2.16. The predicted octanol–water partition coefficient (Wildman–Crippen LogP) is 2.25. The average Bonchev–Trinajstić information content (AvgIpc) is 2.23. The van der Waals surface area contributed by atoms with E-state index in [2.05, 4.69) is 21.2 Å². The molecule has 2 rings (SSSR count). The van der Waals surface area contributed by atoms with Gasteiger partial charge in [-0.2, -0.15) is 0 Å². The van der Waals surface area contributed by atoms with Gasteiger partial charge in [-0.15, -0.1) is 0 Å². The van der Waals surface area contributed by atoms with Gasteiger partial charge in [0.1, 0.15) is 5.82 Å². The van der Waals surface area contributed by atoms with Crippen molar-refractivity contribution in [3.63, 3.8) is 0 Å². The highest BCUT2D eigenvalue weighted by molar-refractivity contribution is 9.10. The van der Waals surface area contributed by atoms with E-state index in [0.717, 1.165) is 18.7 Å². The first-order valence-corrected chi connectivity index (χ1v) is 5.34. The number of ether oxygens (including phenoxy) is 1. The monoisotopic (exact) mass is 259 g/mol. The highest BCUT2D eigenvalue weighted by Crippen LogP contribution is 2.24. The maximum absolute atomic E-state index is 13.0. The molecule has 0 spiro atoms. The summed E-state index contributed by atoms with van der Waals surface area (Å²) in [6.07, 6.45) is 0.0423. The fraction of sp³-hybridized carbons (Fsp3) is 0.400. The van der Waals surface area contributed by atoms with Crippen molar-refractivity contribution >= 4 is 15.9 Å². The molecule has 1 fully saturated rings. The van der Waals surface area contributed by atoms with Crippen molar-refractivity contribution in [2.45, 2.75) is 6.10 Å². The molecule has 0 saturated carbocycles. The van der Waals surface area contributed by atoms with E-state index in [9.17, 15) is 4.39 Å². The molecule has 1 aliphatic rings. The predicted molar refractivity (Wildman–Crippen MR) is 55.7 cm³/mol. The second-order valence-corrected chi connectivity index (χ2v) is 4.09. The molecule has 0 bridgehead atoms. The van der Waals surface area contributed by atoms with Crippen LogP contribution in [0.2, 0.25) is 0 Å². The highest BCUT2D eigenvalue weighted by atomic mass is 79.9. The van der Waals surface area contributed by atoms with Gasteiger partial charge in [-0.05, 0) is 33.6 Å². The van der Waals surface area contributed by atoms with E-state index in [1.54, 1.807) is 12.1 Å². The molecular formula is C10H11BrFNO. The van der Waals surface area contributed by atoms with Gasteiger partial charge in [-0.25, -0.2) is 4.39 Å². The molecule has 1 aromatic rings. The Morgan fingerprint density at radius 1 is 1.50 bits per heavy atom. The van der Waals surface area contributed by atoms with Gasteiger partial charge in [0, 0.05) is 13.1 Å². The van der Waals surface area contributed by atoms with Gasteiger partial charge in [0.05, 0.1) is 17.2 Å². The lowest BCUT2D eigenvalue weighted by molar-refractivity contribution is 0.0276. The van der Waals surface area contributed by atoms with Gasteiger partial charge >= 0.3 is 0 Å². The van der Waals surface area contributed by atoms with Gasteiger partial charge < -0.3 is 10.1 Å². The van der Waals surface area contributed by atoms with Crippen LogP contribution >= 0.6 is 15.9 Å². The van der Waals surface area contributed by atoms with Crippen molar-refractivity contribution in [1.29, 1.82) is 0 Å². The molecular weight excluding hydrogens is 249 g/mol. The van der Waals surface area contributed by atoms with E-state index in [1.807, 2.05) is 0 Å². The summed E-state index contributed by atoms with van der Waals surface area (Å²) >= 11 is 3.16. The molecule has 1 N–H and O–H groups in total. The van der Waals surface area contributed by atoms with Crippen LogP contribution in [0.3, 0.4) is 0 Å². The second kappa shape index (κ2) is 4.38. The van der Waals surface area contributed by atoms with Crippen LogP contribution in [0.15, 0.2) is 22.7 Å². The molecule has 1 atom stereocenters. The van der Waals surface area contributed by atoms with Crippen LogP contribution in [0.4, 0.5) is 4.39 Å². The topological polar surface area (TPSA) is 21.3 Å². The molecule has 14 heavy (non-hydrogen) atoms. The Hall–Kier alpha value is -0.450. The summed E-state index contributed by atoms with van der Waals surface area (Å²) in [4.78, 5) is 0. The van der Waals surface area contributed by atoms with E-state index in [0.29, 0.717) is 11.1 Å². The van der Waals surface area contributed by atoms with Gasteiger partial charge in [0.2, 0.25) is 0 Å². The normalized spacial score (nSPS) is 22.3. The Morgan fingerprint density at radius 3 is 3.00 bits per heavy atom. The number of morpholine rings is 1. The molecule has 0 aromatic heterocycles. The van der Waals surface area contributed by atoms with Crippen LogP contribution in [0, 0.1) is 5.82 Å². The maximum atomic E-state index is 13.0. The second-order valence-electron chi connectivity index (χ2n) is 3.24. The minimum absolute atomic E-state index is 0.0423. The number of hydrogen-bond acceptors (Lipinski definition) is 2. The van der Waals surface area contributed by atoms with Gasteiger partial charge in [-0.3, -0.25) is 0 Å². The van der Waals surface area contributed by atoms with Crippen LogP contribution in [0.25, 0.3) is 0 Å². The summed E-state index contributed by atoms with van der Waals surface area (Å²) in [5.41, 5.74) is 1.01. The molecule has 2 nitrogen and oxygen atoms in total. The maximum Gasteiger partial charge on any atom is 0.137 e. The van der Waals surface area contributed by atoms with Crippen LogP contribution in [0.5, 0.6) is 0 Å². The third kappa shape index (κ3) is 2.13. The number of halogens is 2. The third-order valence-corrected chi connectivity index (χ3v) is 2.85. The zero-order chi connectivity index (χ0) is 9.97. The SMILES string of the molecule is Fc1ccc(C2CNCCO2)cc1Br. The molecule has 0 aliphatic carbocycles. The minimum Gasteiger partial charge on any atom is -0.371 e. The molecule has 0 radical (unpaired) electrons. The number of rotatable bonds is 1. The van der Waals surface area contributed by atoms with Crippen LogP contribution in [0.1, 0.15) is 11.7 Å². The molecule has 1 aromatic carbocycles. The summed E-state index contributed by atoms with van der Waals surface area (Å²) in [5, 5.41) is 3.23. The zero-order valence-electron chi connectivity index (χ0n) is 7.59. The van der Waals surface area contributed by atoms with E-state index in [-0.39, 0.29) is 11.9 Å². The van der Waals surface area contributed by atoms with E-state index in [1.165, 1.54) is 6.07 Å². The molecule has 76 valence electrons. The summed E-state index contributed by atoms with van der Waals surface area (Å²) < 4.78 is 19.0. The molecule has 4 heteroatoms. The summed E-state index contributed by atoms with van der Waals surface area (Å²) in [6.45, 7) is 2.39. The molecule has 1 saturated heterocycles. The van der Waals surface area contributed by atoms with Gasteiger partial charge in [-0.1, -0.05) is 6.07 Å². The fourth-order valence-electron chi connectivity index (χ4n) is 1.49. The molecule has 1 aliphatic heterocycles. The standard InChI is InChI=1S/C10H11BrFNO/c11-8-5-7(1-2-9(8)12)10-6-13-3-4-14-10/h1-2,5,10,13H,3-4,6H2. The van der Waals surface area contributed by atoms with E-state index >= 15 is 0 Å². The Balaban J connectivity index is 2.18. The lowest BCUT2D eigenvalue weighted by atomic mass is 10.1. The lowest BCUT2D eigenvalue weighted by Crippen LogP contribution is -2.33. The average molecular weight is 260 g/mol. The first-order valence-electron chi connectivity index (χ1n) is 4.54. The third-order valence-electron chi connectivity index (χ3n) is 2.24. The Bertz CT molecular complexity index is 326. The number of benzene rings is 1. The van der Waals surface area contributed by atoms with Crippen LogP contribution in [-0.2, 0) is 4.74 Å². The zero-order valence-corrected chi connectivity index (χ0v) is 9.18. The van der Waals surface area contributed by atoms with Crippen molar-refractivity contribution < 1.29 is 9.13 Å². The molecule has 1 heterocycles. The van der Waals surface area contributed by atoms with E-state index < -0.39 is 0 Å². The van der Waals surface area contributed by atoms with Gasteiger partial charge in [0.25, 0.3) is 0 Å². The summed E-state index contributed by atoms with van der Waals surface area (Å²) in [6, 6.07) is 4.99. The van der Waals surface area contributed by atoms with Crippen molar-refractivity contribution in [3.05, 3.63) is 34.1 Å². The first kappa shape index (κ1) is 10.1. The Labute approximate surface area is 90.6 Å². The number of nitrogens with one attached hydrogen (secondary N) is 1. The smallest absolute Gasteiger partial charge is 0.137 e. The van der Waals surface area contributed by atoms with Gasteiger partial charge in [0.15, 0.2) is 0 Å².